The number of carboxylic acids is 1. The van der Waals surface area contributed by atoms with Crippen molar-refractivity contribution in [2.45, 2.75) is 45.6 Å². The summed E-state index contributed by atoms with van der Waals surface area (Å²) in [6.07, 6.45) is 3.83. The van der Waals surface area contributed by atoms with Gasteiger partial charge in [0.1, 0.15) is 0 Å². The van der Waals surface area contributed by atoms with Gasteiger partial charge in [-0.3, -0.25) is 9.69 Å². The second-order valence-corrected chi connectivity index (χ2v) is 5.22. The molecule has 0 aromatic carbocycles. The minimum Gasteiger partial charge on any atom is -0.480 e. The number of hydrogen-bond acceptors (Lipinski definition) is 2. The molecule has 0 heterocycles. The zero-order chi connectivity index (χ0) is 10.8. The van der Waals surface area contributed by atoms with Crippen LogP contribution in [0.5, 0.6) is 0 Å². The highest BCUT2D eigenvalue weighted by Gasteiger charge is 2.27. The van der Waals surface area contributed by atoms with Crippen LogP contribution in [0.15, 0.2) is 0 Å². The first kappa shape index (κ1) is 11.5. The molecular weight excluding hydrogens is 178 g/mol. The fraction of sp³-hybridized carbons (Fsp3) is 0.909. The summed E-state index contributed by atoms with van der Waals surface area (Å²) >= 11 is 0. The molecule has 0 amide bonds. The Hall–Kier alpha value is -0.570. The maximum atomic E-state index is 10.7. The molecule has 0 bridgehead atoms. The zero-order valence-electron chi connectivity index (χ0n) is 9.42. The van der Waals surface area contributed by atoms with Crippen LogP contribution in [-0.2, 0) is 4.79 Å². The first-order valence-corrected chi connectivity index (χ1v) is 5.36. The van der Waals surface area contributed by atoms with Gasteiger partial charge >= 0.3 is 5.97 Å². The molecule has 14 heavy (non-hydrogen) atoms. The van der Waals surface area contributed by atoms with E-state index in [-0.39, 0.29) is 12.1 Å². The molecule has 0 aromatic heterocycles. The van der Waals surface area contributed by atoms with Crippen LogP contribution < -0.4 is 0 Å². The molecular formula is C11H21NO2. The van der Waals surface area contributed by atoms with Gasteiger partial charge in [-0.05, 0) is 39.7 Å². The highest BCUT2D eigenvalue weighted by molar-refractivity contribution is 5.69. The second kappa shape index (κ2) is 4.30. The van der Waals surface area contributed by atoms with Gasteiger partial charge in [0.25, 0.3) is 0 Å². The standard InChI is InChI=1S/C11H21NO2/c1-11(2,3)12(8-10(13)14)7-6-9-4-5-9/h9H,4-8H2,1-3H3,(H,13,14). The minimum atomic E-state index is -0.726. The number of hydrogen-bond donors (Lipinski definition) is 1. The van der Waals surface area contributed by atoms with E-state index in [1.54, 1.807) is 0 Å². The van der Waals surface area contributed by atoms with Gasteiger partial charge in [0.15, 0.2) is 0 Å². The lowest BCUT2D eigenvalue weighted by Crippen LogP contribution is -2.45. The van der Waals surface area contributed by atoms with E-state index in [1.807, 2.05) is 4.90 Å². The van der Waals surface area contributed by atoms with Gasteiger partial charge < -0.3 is 5.11 Å². The van der Waals surface area contributed by atoms with Gasteiger partial charge in [0, 0.05) is 5.54 Å². The Balaban J connectivity index is 2.38. The molecule has 82 valence electrons. The lowest BCUT2D eigenvalue weighted by molar-refractivity contribution is -0.139. The molecule has 1 rings (SSSR count). The van der Waals surface area contributed by atoms with Crippen LogP contribution >= 0.6 is 0 Å². The van der Waals surface area contributed by atoms with Crippen molar-refractivity contribution in [2.24, 2.45) is 5.92 Å². The summed E-state index contributed by atoms with van der Waals surface area (Å²) < 4.78 is 0. The van der Waals surface area contributed by atoms with E-state index in [9.17, 15) is 4.79 Å². The van der Waals surface area contributed by atoms with Crippen LogP contribution in [0.3, 0.4) is 0 Å². The summed E-state index contributed by atoms with van der Waals surface area (Å²) in [6.45, 7) is 7.30. The Kier molecular flexibility index (Phi) is 3.53. The number of carbonyl (C=O) groups is 1. The van der Waals surface area contributed by atoms with E-state index < -0.39 is 5.97 Å². The SMILES string of the molecule is CC(C)(C)N(CCC1CC1)CC(=O)O. The minimum absolute atomic E-state index is 0.0344. The maximum absolute atomic E-state index is 10.7. The number of aliphatic carboxylic acids is 1. The summed E-state index contributed by atoms with van der Waals surface area (Å²) in [5.74, 6) is 0.143. The molecule has 0 radical (unpaired) electrons. The van der Waals surface area contributed by atoms with Crippen LogP contribution in [0.1, 0.15) is 40.0 Å². The van der Waals surface area contributed by atoms with Crippen molar-refractivity contribution in [3.8, 4) is 0 Å². The summed E-state index contributed by atoms with van der Waals surface area (Å²) in [5, 5.41) is 8.79. The first-order valence-electron chi connectivity index (χ1n) is 5.36. The van der Waals surface area contributed by atoms with Crippen LogP contribution in [0.2, 0.25) is 0 Å². The van der Waals surface area contributed by atoms with E-state index in [2.05, 4.69) is 20.8 Å². The van der Waals surface area contributed by atoms with Gasteiger partial charge in [-0.1, -0.05) is 12.8 Å². The van der Waals surface area contributed by atoms with Crippen molar-refractivity contribution in [1.29, 1.82) is 0 Å². The molecule has 3 nitrogen and oxygen atoms in total. The van der Waals surface area contributed by atoms with Gasteiger partial charge in [-0.15, -0.1) is 0 Å². The maximum Gasteiger partial charge on any atom is 0.317 e. The average Bonchev–Trinajstić information content (AvgIpc) is 2.77. The van der Waals surface area contributed by atoms with Crippen LogP contribution in [-0.4, -0.2) is 34.6 Å². The third-order valence-corrected chi connectivity index (χ3v) is 2.78. The van der Waals surface area contributed by atoms with Crippen LogP contribution in [0.4, 0.5) is 0 Å². The third kappa shape index (κ3) is 4.09. The molecule has 0 aliphatic heterocycles. The molecule has 1 aliphatic rings. The van der Waals surface area contributed by atoms with E-state index in [4.69, 9.17) is 5.11 Å². The highest BCUT2D eigenvalue weighted by Crippen LogP contribution is 2.33. The lowest BCUT2D eigenvalue weighted by Gasteiger charge is -2.34. The molecule has 0 spiro atoms. The van der Waals surface area contributed by atoms with Crippen molar-refractivity contribution < 1.29 is 9.90 Å². The van der Waals surface area contributed by atoms with E-state index >= 15 is 0 Å². The number of rotatable bonds is 5. The first-order chi connectivity index (χ1) is 6.39. The lowest BCUT2D eigenvalue weighted by atomic mass is 10.1. The summed E-state index contributed by atoms with van der Waals surface area (Å²) in [7, 11) is 0. The topological polar surface area (TPSA) is 40.5 Å². The second-order valence-electron chi connectivity index (χ2n) is 5.22. The van der Waals surface area contributed by atoms with Crippen molar-refractivity contribution in [2.75, 3.05) is 13.1 Å². The van der Waals surface area contributed by atoms with Gasteiger partial charge in [0.05, 0.1) is 6.54 Å². The Bertz CT molecular complexity index is 204. The predicted octanol–water partition coefficient (Wildman–Crippen LogP) is 1.97. The Morgan fingerprint density at radius 2 is 2.00 bits per heavy atom. The molecule has 0 aromatic rings. The van der Waals surface area contributed by atoms with Gasteiger partial charge in [-0.25, -0.2) is 0 Å². The summed E-state index contributed by atoms with van der Waals surface area (Å²) in [5.41, 5.74) is -0.0344. The van der Waals surface area contributed by atoms with E-state index in [0.29, 0.717) is 0 Å². The molecule has 1 aliphatic carbocycles. The van der Waals surface area contributed by atoms with Crippen molar-refractivity contribution in [3.05, 3.63) is 0 Å². The average molecular weight is 199 g/mol. The van der Waals surface area contributed by atoms with E-state index in [1.165, 1.54) is 12.8 Å². The molecule has 0 atom stereocenters. The van der Waals surface area contributed by atoms with Crippen molar-refractivity contribution in [3.63, 3.8) is 0 Å². The molecule has 0 unspecified atom stereocenters. The summed E-state index contributed by atoms with van der Waals surface area (Å²) in [4.78, 5) is 12.7. The monoisotopic (exact) mass is 199 g/mol. The quantitative estimate of drug-likeness (QED) is 0.736. The van der Waals surface area contributed by atoms with Crippen molar-refractivity contribution in [1.82, 2.24) is 4.90 Å². The van der Waals surface area contributed by atoms with Crippen molar-refractivity contribution >= 4 is 5.97 Å². The fourth-order valence-electron chi connectivity index (χ4n) is 1.56. The molecule has 1 N–H and O–H groups in total. The van der Waals surface area contributed by atoms with Crippen LogP contribution in [0.25, 0.3) is 0 Å². The van der Waals surface area contributed by atoms with Crippen LogP contribution in [0, 0.1) is 5.92 Å². The summed E-state index contributed by atoms with van der Waals surface area (Å²) in [6, 6.07) is 0. The number of nitrogens with zero attached hydrogens (tertiary/aromatic N) is 1. The third-order valence-electron chi connectivity index (χ3n) is 2.78. The fourth-order valence-corrected chi connectivity index (χ4v) is 1.56. The predicted molar refractivity (Wildman–Crippen MR) is 56.3 cm³/mol. The Labute approximate surface area is 86.1 Å². The molecule has 1 saturated carbocycles. The Morgan fingerprint density at radius 3 is 2.36 bits per heavy atom. The van der Waals surface area contributed by atoms with Gasteiger partial charge in [-0.2, -0.15) is 0 Å². The molecule has 1 fully saturated rings. The molecule has 0 saturated heterocycles. The Morgan fingerprint density at radius 1 is 1.43 bits per heavy atom. The molecule has 3 heteroatoms. The number of carboxylic acid groups (broad SMARTS) is 1. The van der Waals surface area contributed by atoms with E-state index in [0.717, 1.165) is 18.9 Å². The van der Waals surface area contributed by atoms with Gasteiger partial charge in [0.2, 0.25) is 0 Å². The normalized spacial score (nSPS) is 17.4. The zero-order valence-corrected chi connectivity index (χ0v) is 9.42. The largest absolute Gasteiger partial charge is 0.480 e. The highest BCUT2D eigenvalue weighted by atomic mass is 16.4. The smallest absolute Gasteiger partial charge is 0.317 e.